The van der Waals surface area contributed by atoms with Crippen LogP contribution in [0.3, 0.4) is 0 Å². The molecule has 1 N–H and O–H groups in total. The Morgan fingerprint density at radius 2 is 2.11 bits per heavy atom. The zero-order valence-electron chi connectivity index (χ0n) is 4.11. The van der Waals surface area contributed by atoms with Gasteiger partial charge in [0.15, 0.2) is 0 Å². The van der Waals surface area contributed by atoms with Crippen molar-refractivity contribution >= 4 is 50.0 Å². The molecule has 0 aliphatic heterocycles. The molecule has 46 valence electrons. The van der Waals surface area contributed by atoms with Gasteiger partial charge in [0.05, 0.1) is 0 Å². The normalized spacial score (nSPS) is 8.00. The Morgan fingerprint density at radius 1 is 1.44 bits per heavy atom. The van der Waals surface area contributed by atoms with E-state index in [1.165, 1.54) is 6.20 Å². The van der Waals surface area contributed by atoms with Crippen LogP contribution in [0.5, 0.6) is 0 Å². The molecule has 0 atom stereocenters. The van der Waals surface area contributed by atoms with Crippen LogP contribution >= 0.6 is 12.2 Å². The monoisotopic (exact) mass is 169 g/mol. The first-order valence-corrected chi connectivity index (χ1v) is 2.58. The Balaban J connectivity index is 0.000000640. The molecular formula is C5H7CaNOS. The number of aromatic nitrogens is 1. The molecule has 9 heavy (non-hydrogen) atoms. The molecule has 0 saturated heterocycles. The van der Waals surface area contributed by atoms with Crippen LogP contribution in [0, 0.1) is 4.64 Å². The molecule has 1 rings (SSSR count). The SMILES string of the molecule is On1ccccc1=S.[CaH2]. The summed E-state index contributed by atoms with van der Waals surface area (Å²) in [5.74, 6) is 0. The van der Waals surface area contributed by atoms with Crippen LogP contribution in [-0.2, 0) is 0 Å². The van der Waals surface area contributed by atoms with E-state index in [1.807, 2.05) is 0 Å². The second-order valence-corrected chi connectivity index (χ2v) is 1.80. The van der Waals surface area contributed by atoms with Crippen LogP contribution in [0.1, 0.15) is 0 Å². The summed E-state index contributed by atoms with van der Waals surface area (Å²) in [6, 6.07) is 5.13. The maximum atomic E-state index is 8.73. The van der Waals surface area contributed by atoms with E-state index in [4.69, 9.17) is 5.21 Å². The average Bonchev–Trinajstić information content (AvgIpc) is 1.77. The number of hydrogen-bond acceptors (Lipinski definition) is 2. The molecule has 0 amide bonds. The van der Waals surface area contributed by atoms with Crippen LogP contribution in [0.4, 0.5) is 0 Å². The first-order chi connectivity index (χ1) is 3.80. The van der Waals surface area contributed by atoms with Crippen molar-refractivity contribution < 1.29 is 5.21 Å². The molecule has 4 heteroatoms. The molecule has 0 fully saturated rings. The fraction of sp³-hybridized carbons (Fsp3) is 0. The van der Waals surface area contributed by atoms with E-state index in [0.29, 0.717) is 4.64 Å². The van der Waals surface area contributed by atoms with Crippen molar-refractivity contribution in [3.05, 3.63) is 29.0 Å². The molecular weight excluding hydrogens is 162 g/mol. The molecule has 1 aromatic rings. The summed E-state index contributed by atoms with van der Waals surface area (Å²) in [6.07, 6.45) is 1.49. The first kappa shape index (κ1) is 9.43. The Bertz CT molecular complexity index is 234. The molecule has 1 heterocycles. The summed E-state index contributed by atoms with van der Waals surface area (Å²) >= 11 is 4.67. The van der Waals surface area contributed by atoms with Gasteiger partial charge in [0.2, 0.25) is 0 Å². The van der Waals surface area contributed by atoms with Crippen LogP contribution < -0.4 is 0 Å². The van der Waals surface area contributed by atoms with Gasteiger partial charge >= 0.3 is 37.7 Å². The quantitative estimate of drug-likeness (QED) is 0.348. The van der Waals surface area contributed by atoms with Gasteiger partial charge in [0.25, 0.3) is 0 Å². The van der Waals surface area contributed by atoms with Crippen molar-refractivity contribution in [2.45, 2.75) is 0 Å². The van der Waals surface area contributed by atoms with Crippen molar-refractivity contribution in [2.24, 2.45) is 0 Å². The van der Waals surface area contributed by atoms with Gasteiger partial charge in [-0.3, -0.25) is 0 Å². The van der Waals surface area contributed by atoms with E-state index in [-0.39, 0.29) is 37.7 Å². The first-order valence-electron chi connectivity index (χ1n) is 2.17. The Kier molecular flexibility index (Phi) is 4.48. The molecule has 0 unspecified atom stereocenters. The molecule has 0 aliphatic carbocycles. The van der Waals surface area contributed by atoms with E-state index in [0.717, 1.165) is 4.73 Å². The molecule has 0 radical (unpaired) electrons. The van der Waals surface area contributed by atoms with Gasteiger partial charge in [-0.1, -0.05) is 18.3 Å². The predicted molar refractivity (Wildman–Crippen MR) is 41.0 cm³/mol. The van der Waals surface area contributed by atoms with Crippen molar-refractivity contribution in [3.8, 4) is 0 Å². The van der Waals surface area contributed by atoms with Crippen LogP contribution in [0.2, 0.25) is 0 Å². The third kappa shape index (κ3) is 2.67. The van der Waals surface area contributed by atoms with E-state index >= 15 is 0 Å². The standard InChI is InChI=1S/C5H5NOS.Ca.2H/c7-6-4-2-1-3-5(6)8;;;/h1-4,7H;;;. The summed E-state index contributed by atoms with van der Waals surface area (Å²) in [7, 11) is 0. The Hall–Kier alpha value is 0.430. The van der Waals surface area contributed by atoms with E-state index < -0.39 is 0 Å². The van der Waals surface area contributed by atoms with Gasteiger partial charge in [0.1, 0.15) is 4.64 Å². The average molecular weight is 169 g/mol. The van der Waals surface area contributed by atoms with Crippen LogP contribution in [-0.4, -0.2) is 47.7 Å². The van der Waals surface area contributed by atoms with Gasteiger partial charge in [-0.2, -0.15) is 4.73 Å². The van der Waals surface area contributed by atoms with Gasteiger partial charge in [0, 0.05) is 6.20 Å². The number of pyridine rings is 1. The Morgan fingerprint density at radius 3 is 2.44 bits per heavy atom. The van der Waals surface area contributed by atoms with Gasteiger partial charge in [-0.05, 0) is 12.1 Å². The summed E-state index contributed by atoms with van der Waals surface area (Å²) in [6.45, 7) is 0. The third-order valence-electron chi connectivity index (χ3n) is 0.803. The van der Waals surface area contributed by atoms with Crippen molar-refractivity contribution in [1.29, 1.82) is 0 Å². The van der Waals surface area contributed by atoms with Crippen molar-refractivity contribution in [2.75, 3.05) is 0 Å². The minimum absolute atomic E-state index is 0. The number of rotatable bonds is 0. The van der Waals surface area contributed by atoms with E-state index in [9.17, 15) is 0 Å². The van der Waals surface area contributed by atoms with E-state index in [1.54, 1.807) is 18.2 Å². The zero-order valence-corrected chi connectivity index (χ0v) is 4.93. The number of nitrogens with zero attached hydrogens (tertiary/aromatic N) is 1. The molecule has 0 bridgehead atoms. The van der Waals surface area contributed by atoms with Crippen LogP contribution in [0.15, 0.2) is 24.4 Å². The predicted octanol–water partition coefficient (Wildman–Crippen LogP) is 0.539. The molecule has 0 spiro atoms. The maximum absolute atomic E-state index is 8.73. The molecule has 2 nitrogen and oxygen atoms in total. The second-order valence-electron chi connectivity index (χ2n) is 1.38. The summed E-state index contributed by atoms with van der Waals surface area (Å²) < 4.78 is 1.32. The fourth-order valence-electron chi connectivity index (χ4n) is 0.419. The molecule has 0 aliphatic rings. The Labute approximate surface area is 88.1 Å². The number of hydrogen-bond donors (Lipinski definition) is 1. The topological polar surface area (TPSA) is 25.2 Å². The zero-order chi connectivity index (χ0) is 5.98. The van der Waals surface area contributed by atoms with Gasteiger partial charge in [-0.15, -0.1) is 0 Å². The van der Waals surface area contributed by atoms with E-state index in [2.05, 4.69) is 12.2 Å². The van der Waals surface area contributed by atoms with Crippen LogP contribution in [0.25, 0.3) is 0 Å². The van der Waals surface area contributed by atoms with Crippen molar-refractivity contribution in [1.82, 2.24) is 4.73 Å². The molecule has 0 aromatic carbocycles. The minimum atomic E-state index is 0. The van der Waals surface area contributed by atoms with Gasteiger partial charge in [-0.25, -0.2) is 0 Å². The third-order valence-corrected chi connectivity index (χ3v) is 1.13. The molecule has 1 aromatic heterocycles. The molecule has 0 saturated carbocycles. The fourth-order valence-corrected chi connectivity index (χ4v) is 0.558. The van der Waals surface area contributed by atoms with Crippen molar-refractivity contribution in [3.63, 3.8) is 0 Å². The summed E-state index contributed by atoms with van der Waals surface area (Å²) in [5.41, 5.74) is 0. The summed E-state index contributed by atoms with van der Waals surface area (Å²) in [5, 5.41) is 8.73. The summed E-state index contributed by atoms with van der Waals surface area (Å²) in [4.78, 5) is 0. The van der Waals surface area contributed by atoms with Gasteiger partial charge < -0.3 is 5.21 Å². The second kappa shape index (κ2) is 4.28.